The van der Waals surface area contributed by atoms with Gasteiger partial charge in [-0.1, -0.05) is 30.0 Å². The quantitative estimate of drug-likeness (QED) is 0.853. The molecule has 1 aliphatic heterocycles. The van der Waals surface area contributed by atoms with Gasteiger partial charge in [-0.05, 0) is 30.0 Å². The number of morpholine rings is 1. The van der Waals surface area contributed by atoms with Crippen LogP contribution in [-0.2, 0) is 11.3 Å². The third-order valence-corrected chi connectivity index (χ3v) is 4.39. The van der Waals surface area contributed by atoms with Gasteiger partial charge in [-0.2, -0.15) is 0 Å². The first-order chi connectivity index (χ1) is 11.3. The summed E-state index contributed by atoms with van der Waals surface area (Å²) < 4.78 is 10.9. The second-order valence-corrected chi connectivity index (χ2v) is 6.13. The van der Waals surface area contributed by atoms with Crippen molar-refractivity contribution < 1.29 is 13.9 Å². The fourth-order valence-electron chi connectivity index (χ4n) is 2.52. The minimum absolute atomic E-state index is 0.222. The third-order valence-electron chi connectivity index (χ3n) is 3.77. The second kappa shape index (κ2) is 7.68. The number of carbonyl (C=O) groups excluding carboxylic acids is 1. The van der Waals surface area contributed by atoms with Crippen LogP contribution in [0.5, 0.6) is 0 Å². The van der Waals surface area contributed by atoms with Gasteiger partial charge >= 0.3 is 0 Å². The van der Waals surface area contributed by atoms with Gasteiger partial charge in [0.05, 0.1) is 13.2 Å². The Labute approximate surface area is 140 Å². The van der Waals surface area contributed by atoms with E-state index in [1.54, 1.807) is 12.1 Å². The number of para-hydroxylation sites is 1. The first-order valence-electron chi connectivity index (χ1n) is 7.59. The topological polar surface area (TPSA) is 54.7 Å². The number of ether oxygens (including phenoxy) is 1. The van der Waals surface area contributed by atoms with E-state index in [-0.39, 0.29) is 5.91 Å². The van der Waals surface area contributed by atoms with E-state index in [0.29, 0.717) is 5.76 Å². The van der Waals surface area contributed by atoms with Crippen molar-refractivity contribution in [3.05, 3.63) is 47.7 Å². The molecule has 0 radical (unpaired) electrons. The fraction of sp³-hybridized carbons (Fsp3) is 0.353. The number of nitrogens with one attached hydrogen (secondary N) is 1. The number of hydrogen-bond acceptors (Lipinski definition) is 5. The summed E-state index contributed by atoms with van der Waals surface area (Å²) in [5, 5.41) is 3.69. The van der Waals surface area contributed by atoms with Gasteiger partial charge in [-0.15, -0.1) is 0 Å². The van der Waals surface area contributed by atoms with E-state index < -0.39 is 0 Å². The summed E-state index contributed by atoms with van der Waals surface area (Å²) in [7, 11) is 0. The summed E-state index contributed by atoms with van der Waals surface area (Å²) in [6.45, 7) is 4.15. The smallest absolute Gasteiger partial charge is 0.291 e. The van der Waals surface area contributed by atoms with Crippen LogP contribution in [0.4, 0.5) is 5.69 Å². The van der Waals surface area contributed by atoms with E-state index in [9.17, 15) is 4.79 Å². The molecule has 6 heteroatoms. The molecule has 1 aliphatic rings. The number of anilines is 1. The second-order valence-electron chi connectivity index (χ2n) is 5.32. The predicted octanol–water partition coefficient (Wildman–Crippen LogP) is 3.09. The molecule has 0 unspecified atom stereocenters. The molecular weight excluding hydrogens is 312 g/mol. The lowest BCUT2D eigenvalue weighted by atomic mass is 10.1. The maximum absolute atomic E-state index is 12.3. The van der Waals surface area contributed by atoms with Gasteiger partial charge in [0.15, 0.2) is 10.9 Å². The molecule has 1 aromatic heterocycles. The average molecular weight is 332 g/mol. The zero-order valence-electron chi connectivity index (χ0n) is 13.1. The van der Waals surface area contributed by atoms with Gasteiger partial charge in [0, 0.05) is 25.3 Å². The number of benzene rings is 1. The van der Waals surface area contributed by atoms with Gasteiger partial charge in [-0.25, -0.2) is 0 Å². The molecule has 1 fully saturated rings. The van der Waals surface area contributed by atoms with E-state index in [1.807, 2.05) is 30.5 Å². The maximum atomic E-state index is 12.3. The number of carbonyl (C=O) groups is 1. The van der Waals surface area contributed by atoms with Gasteiger partial charge < -0.3 is 14.5 Å². The highest BCUT2D eigenvalue weighted by atomic mass is 32.2. The molecule has 2 heterocycles. The lowest BCUT2D eigenvalue weighted by Crippen LogP contribution is -2.35. The Morgan fingerprint density at radius 1 is 1.22 bits per heavy atom. The largest absolute Gasteiger partial charge is 0.445 e. The van der Waals surface area contributed by atoms with Gasteiger partial charge in [0.25, 0.3) is 5.91 Å². The molecule has 23 heavy (non-hydrogen) atoms. The van der Waals surface area contributed by atoms with E-state index in [0.717, 1.165) is 49.2 Å². The number of amides is 1. The Morgan fingerprint density at radius 3 is 2.74 bits per heavy atom. The van der Waals surface area contributed by atoms with Crippen LogP contribution in [0.2, 0.25) is 0 Å². The highest BCUT2D eigenvalue weighted by molar-refractivity contribution is 7.98. The van der Waals surface area contributed by atoms with Crippen molar-refractivity contribution in [1.29, 1.82) is 0 Å². The number of rotatable bonds is 5. The average Bonchev–Trinajstić information content (AvgIpc) is 3.07. The van der Waals surface area contributed by atoms with Crippen molar-refractivity contribution in [3.63, 3.8) is 0 Å². The zero-order chi connectivity index (χ0) is 16.1. The molecule has 0 bridgehead atoms. The Morgan fingerprint density at radius 2 is 2.00 bits per heavy atom. The number of furan rings is 1. The Balaban J connectivity index is 1.70. The number of nitrogens with zero attached hydrogens (tertiary/aromatic N) is 1. The Hall–Kier alpha value is -1.76. The summed E-state index contributed by atoms with van der Waals surface area (Å²) >= 11 is 1.47. The summed E-state index contributed by atoms with van der Waals surface area (Å²) in [5.41, 5.74) is 1.92. The SMILES string of the molecule is CSc1ccc(C(=O)Nc2ccccc2CN2CCOCC2)o1. The minimum Gasteiger partial charge on any atom is -0.445 e. The van der Waals surface area contributed by atoms with Crippen LogP contribution in [0.1, 0.15) is 16.1 Å². The standard InChI is InChI=1S/C17H20N2O3S/c1-23-16-7-6-15(22-16)17(20)18-14-5-3-2-4-13(14)12-19-8-10-21-11-9-19/h2-7H,8-12H2,1H3,(H,18,20). The monoisotopic (exact) mass is 332 g/mol. The normalized spacial score (nSPS) is 15.5. The van der Waals surface area contributed by atoms with Crippen molar-refractivity contribution in [2.75, 3.05) is 37.9 Å². The lowest BCUT2D eigenvalue weighted by Gasteiger charge is -2.27. The Bertz CT molecular complexity index is 665. The van der Waals surface area contributed by atoms with Crippen molar-refractivity contribution in [2.45, 2.75) is 11.6 Å². The summed E-state index contributed by atoms with van der Waals surface area (Å²) in [6.07, 6.45) is 1.91. The predicted molar refractivity (Wildman–Crippen MR) is 91.0 cm³/mol. The molecule has 122 valence electrons. The molecule has 2 aromatic rings. The molecule has 3 rings (SSSR count). The molecule has 1 saturated heterocycles. The van der Waals surface area contributed by atoms with Crippen molar-refractivity contribution >= 4 is 23.4 Å². The van der Waals surface area contributed by atoms with E-state index in [1.165, 1.54) is 11.8 Å². The zero-order valence-corrected chi connectivity index (χ0v) is 13.9. The van der Waals surface area contributed by atoms with Gasteiger partial charge in [-0.3, -0.25) is 9.69 Å². The van der Waals surface area contributed by atoms with Crippen molar-refractivity contribution in [2.24, 2.45) is 0 Å². The highest BCUT2D eigenvalue weighted by Crippen LogP contribution is 2.21. The van der Waals surface area contributed by atoms with Crippen LogP contribution in [-0.4, -0.2) is 43.4 Å². The van der Waals surface area contributed by atoms with Gasteiger partial charge in [0.1, 0.15) is 0 Å². The van der Waals surface area contributed by atoms with Crippen LogP contribution in [0.15, 0.2) is 45.9 Å². The summed E-state index contributed by atoms with van der Waals surface area (Å²) in [4.78, 5) is 14.7. The van der Waals surface area contributed by atoms with Crippen LogP contribution in [0.3, 0.4) is 0 Å². The lowest BCUT2D eigenvalue weighted by molar-refractivity contribution is 0.0342. The molecular formula is C17H20N2O3S. The molecule has 1 amide bonds. The number of hydrogen-bond donors (Lipinski definition) is 1. The minimum atomic E-state index is -0.222. The molecule has 0 spiro atoms. The number of thioether (sulfide) groups is 1. The molecule has 0 atom stereocenters. The third kappa shape index (κ3) is 4.16. The molecule has 5 nitrogen and oxygen atoms in total. The molecule has 0 saturated carbocycles. The maximum Gasteiger partial charge on any atom is 0.291 e. The van der Waals surface area contributed by atoms with Crippen LogP contribution >= 0.6 is 11.8 Å². The first kappa shape index (κ1) is 16.1. The summed E-state index contributed by atoms with van der Waals surface area (Å²) in [5.74, 6) is 0.107. The highest BCUT2D eigenvalue weighted by Gasteiger charge is 2.16. The van der Waals surface area contributed by atoms with Gasteiger partial charge in [0.2, 0.25) is 0 Å². The molecule has 1 aromatic carbocycles. The summed E-state index contributed by atoms with van der Waals surface area (Å²) in [6, 6.07) is 11.4. The van der Waals surface area contributed by atoms with E-state index >= 15 is 0 Å². The van der Waals surface area contributed by atoms with Crippen LogP contribution < -0.4 is 5.32 Å². The van der Waals surface area contributed by atoms with Crippen molar-refractivity contribution in [3.8, 4) is 0 Å². The van der Waals surface area contributed by atoms with Crippen LogP contribution in [0, 0.1) is 0 Å². The first-order valence-corrected chi connectivity index (χ1v) is 8.82. The Kier molecular flexibility index (Phi) is 5.38. The molecule has 1 N–H and O–H groups in total. The van der Waals surface area contributed by atoms with E-state index in [4.69, 9.17) is 9.15 Å². The molecule has 0 aliphatic carbocycles. The van der Waals surface area contributed by atoms with Crippen LogP contribution in [0.25, 0.3) is 0 Å². The van der Waals surface area contributed by atoms with E-state index in [2.05, 4.69) is 10.2 Å². The fourth-order valence-corrected chi connectivity index (χ4v) is 2.89. The van der Waals surface area contributed by atoms with Crippen molar-refractivity contribution in [1.82, 2.24) is 4.90 Å².